The molecule has 1 atom stereocenters. The molecule has 4 nitrogen and oxygen atoms in total. The van der Waals surface area contributed by atoms with Gasteiger partial charge in [-0.05, 0) is 12.1 Å². The van der Waals surface area contributed by atoms with E-state index in [0.29, 0.717) is 12.5 Å². The van der Waals surface area contributed by atoms with Crippen LogP contribution in [-0.2, 0) is 4.74 Å². The summed E-state index contributed by atoms with van der Waals surface area (Å²) < 4.78 is 16.1. The van der Waals surface area contributed by atoms with Gasteiger partial charge in [-0.15, -0.1) is 0 Å². The molecule has 2 aromatic rings. The molecule has 1 saturated heterocycles. The summed E-state index contributed by atoms with van der Waals surface area (Å²) in [4.78, 5) is 4.28. The maximum atomic E-state index is 5.61. The molecule has 0 radical (unpaired) electrons. The zero-order valence-electron chi connectivity index (χ0n) is 8.40. The van der Waals surface area contributed by atoms with Gasteiger partial charge in [-0.3, -0.25) is 0 Å². The van der Waals surface area contributed by atoms with Crippen molar-refractivity contribution in [2.24, 2.45) is 0 Å². The molecule has 0 spiro atoms. The van der Waals surface area contributed by atoms with Crippen LogP contribution in [0.2, 0.25) is 0 Å². The largest absolute Gasteiger partial charge is 0.488 e. The van der Waals surface area contributed by atoms with E-state index in [1.807, 2.05) is 25.1 Å². The van der Waals surface area contributed by atoms with E-state index in [1.54, 1.807) is 0 Å². The number of benzene rings is 1. The Morgan fingerprint density at radius 2 is 2.40 bits per heavy atom. The van der Waals surface area contributed by atoms with E-state index in [2.05, 4.69) is 4.98 Å². The number of fused-ring (bicyclic) bond motifs is 1. The van der Waals surface area contributed by atoms with Crippen molar-refractivity contribution in [3.05, 3.63) is 24.1 Å². The van der Waals surface area contributed by atoms with Crippen molar-refractivity contribution in [1.82, 2.24) is 4.98 Å². The maximum Gasteiger partial charge on any atom is 0.192 e. The van der Waals surface area contributed by atoms with Gasteiger partial charge in [-0.1, -0.05) is 6.07 Å². The molecule has 0 unspecified atom stereocenters. The molecule has 1 fully saturated rings. The molecular weight excluding hydrogens is 194 g/mol. The van der Waals surface area contributed by atoms with Gasteiger partial charge < -0.3 is 13.9 Å². The number of epoxide rings is 1. The summed E-state index contributed by atoms with van der Waals surface area (Å²) >= 11 is 0. The molecule has 1 aliphatic rings. The lowest BCUT2D eigenvalue weighted by Gasteiger charge is -2.03. The lowest BCUT2D eigenvalue weighted by Crippen LogP contribution is -2.04. The summed E-state index contributed by atoms with van der Waals surface area (Å²) in [7, 11) is 0. The topological polar surface area (TPSA) is 47.8 Å². The molecule has 78 valence electrons. The molecule has 15 heavy (non-hydrogen) atoms. The predicted octanol–water partition coefficient (Wildman–Crippen LogP) is 1.91. The van der Waals surface area contributed by atoms with Crippen LogP contribution in [0.15, 0.2) is 22.6 Å². The van der Waals surface area contributed by atoms with E-state index in [-0.39, 0.29) is 6.10 Å². The minimum Gasteiger partial charge on any atom is -0.488 e. The summed E-state index contributed by atoms with van der Waals surface area (Å²) in [6.07, 6.45) is 0.258. The van der Waals surface area contributed by atoms with Crippen LogP contribution in [0.1, 0.15) is 5.89 Å². The minimum absolute atomic E-state index is 0.258. The van der Waals surface area contributed by atoms with Crippen molar-refractivity contribution in [2.75, 3.05) is 13.2 Å². The summed E-state index contributed by atoms with van der Waals surface area (Å²) in [6.45, 7) is 3.21. The monoisotopic (exact) mass is 205 g/mol. The SMILES string of the molecule is Cc1nc2c(OC[C@@H]3CO3)cccc2o1. The third-order valence-corrected chi connectivity index (χ3v) is 2.32. The molecule has 0 N–H and O–H groups in total. The Morgan fingerprint density at radius 3 is 3.20 bits per heavy atom. The summed E-state index contributed by atoms with van der Waals surface area (Å²) in [5.41, 5.74) is 1.55. The average molecular weight is 205 g/mol. The number of aryl methyl sites for hydroxylation is 1. The molecule has 3 rings (SSSR count). The highest BCUT2D eigenvalue weighted by Crippen LogP contribution is 2.26. The van der Waals surface area contributed by atoms with Crippen LogP contribution in [0.5, 0.6) is 5.75 Å². The molecule has 0 aliphatic carbocycles. The summed E-state index contributed by atoms with van der Waals surface area (Å²) in [5.74, 6) is 1.42. The smallest absolute Gasteiger partial charge is 0.192 e. The number of para-hydroxylation sites is 1. The van der Waals surface area contributed by atoms with Gasteiger partial charge in [0.1, 0.15) is 18.5 Å². The van der Waals surface area contributed by atoms with Gasteiger partial charge in [0.25, 0.3) is 0 Å². The van der Waals surface area contributed by atoms with Crippen LogP contribution in [0, 0.1) is 6.92 Å². The Hall–Kier alpha value is -1.55. The van der Waals surface area contributed by atoms with Crippen LogP contribution in [0.3, 0.4) is 0 Å². The van der Waals surface area contributed by atoms with Gasteiger partial charge in [0.15, 0.2) is 17.0 Å². The maximum absolute atomic E-state index is 5.61. The second-order valence-corrected chi connectivity index (χ2v) is 3.60. The molecule has 2 heterocycles. The summed E-state index contributed by atoms with van der Waals surface area (Å²) in [6, 6.07) is 5.68. The number of rotatable bonds is 3. The quantitative estimate of drug-likeness (QED) is 0.718. The molecule has 1 aromatic heterocycles. The van der Waals surface area contributed by atoms with Gasteiger partial charge in [0, 0.05) is 6.92 Å². The van der Waals surface area contributed by atoms with Crippen molar-refractivity contribution >= 4 is 11.1 Å². The molecule has 4 heteroatoms. The van der Waals surface area contributed by atoms with E-state index < -0.39 is 0 Å². The van der Waals surface area contributed by atoms with Crippen LogP contribution in [-0.4, -0.2) is 24.3 Å². The van der Waals surface area contributed by atoms with E-state index in [0.717, 1.165) is 23.5 Å². The highest BCUT2D eigenvalue weighted by atomic mass is 16.6. The first kappa shape index (κ1) is 8.73. The molecule has 1 aliphatic heterocycles. The fourth-order valence-corrected chi connectivity index (χ4v) is 1.50. The lowest BCUT2D eigenvalue weighted by molar-refractivity contribution is 0.265. The number of ether oxygens (including phenoxy) is 2. The molecule has 0 bridgehead atoms. The Bertz CT molecular complexity index is 488. The zero-order chi connectivity index (χ0) is 10.3. The fourth-order valence-electron chi connectivity index (χ4n) is 1.50. The first-order chi connectivity index (χ1) is 7.33. The zero-order valence-corrected chi connectivity index (χ0v) is 8.40. The van der Waals surface area contributed by atoms with Crippen LogP contribution in [0.4, 0.5) is 0 Å². The third-order valence-electron chi connectivity index (χ3n) is 2.32. The van der Waals surface area contributed by atoms with Crippen molar-refractivity contribution in [2.45, 2.75) is 13.0 Å². The second kappa shape index (κ2) is 3.24. The van der Waals surface area contributed by atoms with Crippen molar-refractivity contribution in [3.8, 4) is 5.75 Å². The summed E-state index contributed by atoms with van der Waals surface area (Å²) in [5, 5.41) is 0. The van der Waals surface area contributed by atoms with E-state index in [4.69, 9.17) is 13.9 Å². The lowest BCUT2D eigenvalue weighted by atomic mass is 10.3. The Morgan fingerprint density at radius 1 is 1.53 bits per heavy atom. The van der Waals surface area contributed by atoms with Gasteiger partial charge in [0.05, 0.1) is 6.61 Å². The first-order valence-electron chi connectivity index (χ1n) is 4.93. The van der Waals surface area contributed by atoms with Crippen molar-refractivity contribution in [3.63, 3.8) is 0 Å². The van der Waals surface area contributed by atoms with Gasteiger partial charge >= 0.3 is 0 Å². The van der Waals surface area contributed by atoms with Gasteiger partial charge in [0.2, 0.25) is 0 Å². The Balaban J connectivity index is 1.93. The van der Waals surface area contributed by atoms with Crippen LogP contribution >= 0.6 is 0 Å². The number of hydrogen-bond donors (Lipinski definition) is 0. The van der Waals surface area contributed by atoms with Gasteiger partial charge in [-0.2, -0.15) is 0 Å². The number of oxazole rings is 1. The predicted molar refractivity (Wildman–Crippen MR) is 54.0 cm³/mol. The molecule has 1 aromatic carbocycles. The second-order valence-electron chi connectivity index (χ2n) is 3.60. The van der Waals surface area contributed by atoms with Crippen LogP contribution in [0.25, 0.3) is 11.1 Å². The van der Waals surface area contributed by atoms with E-state index >= 15 is 0 Å². The highest BCUT2D eigenvalue weighted by Gasteiger charge is 2.23. The number of hydrogen-bond acceptors (Lipinski definition) is 4. The standard InChI is InChI=1S/C11H11NO3/c1-7-12-11-9(14-6-8-5-13-8)3-2-4-10(11)15-7/h2-4,8H,5-6H2,1H3/t8-/m0/s1. The van der Waals surface area contributed by atoms with E-state index in [1.165, 1.54) is 0 Å². The van der Waals surface area contributed by atoms with Crippen LogP contribution < -0.4 is 4.74 Å². The third kappa shape index (κ3) is 1.68. The fraction of sp³-hybridized carbons (Fsp3) is 0.364. The number of nitrogens with zero attached hydrogens (tertiary/aromatic N) is 1. The molecule has 0 saturated carbocycles. The first-order valence-corrected chi connectivity index (χ1v) is 4.93. The Kier molecular flexibility index (Phi) is 1.89. The normalized spacial score (nSPS) is 19.4. The highest BCUT2D eigenvalue weighted by molar-refractivity contribution is 5.79. The van der Waals surface area contributed by atoms with E-state index in [9.17, 15) is 0 Å². The minimum atomic E-state index is 0.258. The molecular formula is C11H11NO3. The Labute approximate surface area is 86.8 Å². The average Bonchev–Trinajstić information content (AvgIpc) is 2.96. The van der Waals surface area contributed by atoms with Crippen molar-refractivity contribution in [1.29, 1.82) is 0 Å². The van der Waals surface area contributed by atoms with Crippen molar-refractivity contribution < 1.29 is 13.9 Å². The van der Waals surface area contributed by atoms with Gasteiger partial charge in [-0.25, -0.2) is 4.98 Å². The number of aromatic nitrogens is 1. The molecule has 0 amide bonds.